The quantitative estimate of drug-likeness (QED) is 0.0947. The predicted molar refractivity (Wildman–Crippen MR) is 262 cm³/mol. The zero-order chi connectivity index (χ0) is 42.4. The Morgan fingerprint density at radius 1 is 0.533 bits per heavy atom. The molecule has 2 radical (unpaired) electrons. The van der Waals surface area contributed by atoms with Gasteiger partial charge in [0.2, 0.25) is 0 Å². The van der Waals surface area contributed by atoms with Gasteiger partial charge in [-0.25, -0.2) is 0 Å². The van der Waals surface area contributed by atoms with Crippen molar-refractivity contribution in [3.05, 3.63) is 180 Å². The van der Waals surface area contributed by atoms with Gasteiger partial charge < -0.3 is 0 Å². The first kappa shape index (κ1) is 45.7. The molecule has 8 aromatic rings. The van der Waals surface area contributed by atoms with Crippen molar-refractivity contribution in [1.29, 1.82) is 0 Å². The summed E-state index contributed by atoms with van der Waals surface area (Å²) < 4.78 is 0. The van der Waals surface area contributed by atoms with Crippen LogP contribution in [0.2, 0.25) is 0 Å². The van der Waals surface area contributed by atoms with E-state index in [0.29, 0.717) is 11.8 Å². The summed E-state index contributed by atoms with van der Waals surface area (Å²) in [6.45, 7) is 13.6. The van der Waals surface area contributed by atoms with Gasteiger partial charge in [-0.3, -0.25) is 0 Å². The number of aryl methyl sites for hydroxylation is 2. The Bertz CT molecular complexity index is 2400. The summed E-state index contributed by atoms with van der Waals surface area (Å²) in [5, 5.41) is 8.38. The zero-order valence-corrected chi connectivity index (χ0v) is 41.1. The number of fused-ring (bicyclic) bond motifs is 5. The van der Waals surface area contributed by atoms with Gasteiger partial charge >= 0.3 is 37.9 Å². The van der Waals surface area contributed by atoms with Gasteiger partial charge in [0, 0.05) is 0 Å². The van der Waals surface area contributed by atoms with E-state index in [-0.39, 0.29) is 0 Å². The molecule has 8 aromatic carbocycles. The SMILES string of the molecule is CCCc1ccccc1-c1cccc2[cH-]c(CC(C)C)cc12.CCCc1ccccc1-c1cccc2[cH-]c(CC(C)C)cc12.[Cl][Zr][Cl].[c-]1cccc2c1[Si]c1ccccc1-2. The van der Waals surface area contributed by atoms with Crippen LogP contribution in [0.15, 0.2) is 152 Å². The Morgan fingerprint density at radius 3 is 1.45 bits per heavy atom. The van der Waals surface area contributed by atoms with Gasteiger partial charge in [-0.05, 0) is 59.8 Å². The van der Waals surface area contributed by atoms with Crippen molar-refractivity contribution >= 4 is 58.5 Å². The van der Waals surface area contributed by atoms with Gasteiger partial charge in [0.05, 0.1) is 9.52 Å². The van der Waals surface area contributed by atoms with Crippen LogP contribution in [-0.4, -0.2) is 9.52 Å². The van der Waals surface area contributed by atoms with Crippen molar-refractivity contribution in [3.8, 4) is 33.4 Å². The fourth-order valence-corrected chi connectivity index (χ4v) is 9.82. The summed E-state index contributed by atoms with van der Waals surface area (Å²) in [4.78, 5) is 0. The monoisotopic (exact) mass is 917 g/mol. The summed E-state index contributed by atoms with van der Waals surface area (Å²) in [6, 6.07) is 58.8. The van der Waals surface area contributed by atoms with Crippen molar-refractivity contribution in [2.45, 2.75) is 80.1 Å². The van der Waals surface area contributed by atoms with E-state index >= 15 is 0 Å². The van der Waals surface area contributed by atoms with Crippen LogP contribution in [-0.2, 0) is 46.5 Å². The van der Waals surface area contributed by atoms with Crippen LogP contribution in [0.4, 0.5) is 0 Å². The fraction of sp³-hybridized carbons (Fsp3) is 0.250. The van der Waals surface area contributed by atoms with Gasteiger partial charge in [0.25, 0.3) is 0 Å². The van der Waals surface area contributed by atoms with Crippen molar-refractivity contribution < 1.29 is 20.8 Å². The topological polar surface area (TPSA) is 0 Å². The second kappa shape index (κ2) is 22.9. The van der Waals surface area contributed by atoms with Crippen LogP contribution in [0.1, 0.15) is 76.6 Å². The minimum Gasteiger partial charge on any atom is -0.184 e. The fourth-order valence-electron chi connectivity index (χ4n) is 8.51. The average Bonchev–Trinajstić information content (AvgIpc) is 3.96. The van der Waals surface area contributed by atoms with Gasteiger partial charge in [-0.2, -0.15) is 41.6 Å². The third-order valence-corrected chi connectivity index (χ3v) is 12.3. The maximum Gasteiger partial charge on any atom is 0.0920 e. The molecule has 0 bridgehead atoms. The molecule has 0 atom stereocenters. The third-order valence-electron chi connectivity index (χ3n) is 10.9. The maximum atomic E-state index is 4.93. The molecule has 0 saturated heterocycles. The minimum atomic E-state index is -0.826. The second-order valence-corrected chi connectivity index (χ2v) is 21.6. The second-order valence-electron chi connectivity index (χ2n) is 16.6. The minimum absolute atomic E-state index is 0.702. The number of hydrogen-bond acceptors (Lipinski definition) is 0. The molecule has 0 aliphatic carbocycles. The largest absolute Gasteiger partial charge is 0.184 e. The van der Waals surface area contributed by atoms with Crippen LogP contribution in [0.25, 0.3) is 54.9 Å². The van der Waals surface area contributed by atoms with E-state index in [1.807, 2.05) is 6.07 Å². The molecule has 0 amide bonds. The Labute approximate surface area is 381 Å². The van der Waals surface area contributed by atoms with Gasteiger partial charge in [-0.1, -0.05) is 161 Å². The van der Waals surface area contributed by atoms with E-state index in [2.05, 4.69) is 193 Å². The molecule has 0 nitrogen and oxygen atoms in total. The van der Waals surface area contributed by atoms with Crippen molar-refractivity contribution in [1.82, 2.24) is 0 Å². The summed E-state index contributed by atoms with van der Waals surface area (Å²) >= 11 is -0.826. The third kappa shape index (κ3) is 11.8. The number of benzene rings is 6. The molecule has 306 valence electrons. The van der Waals surface area contributed by atoms with E-state index in [1.165, 1.54) is 100 Å². The zero-order valence-electron chi connectivity index (χ0n) is 36.1. The number of hydrogen-bond donors (Lipinski definition) is 0. The Hall–Kier alpha value is -3.78. The Balaban J connectivity index is 0.000000150. The molecule has 0 saturated carbocycles. The van der Waals surface area contributed by atoms with E-state index < -0.39 is 20.8 Å². The Morgan fingerprint density at radius 2 is 0.967 bits per heavy atom. The maximum absolute atomic E-state index is 4.93. The molecular weight excluding hydrogens is 863 g/mol. The normalized spacial score (nSPS) is 11.3. The summed E-state index contributed by atoms with van der Waals surface area (Å²) in [5.41, 5.74) is 14.2. The van der Waals surface area contributed by atoms with E-state index in [0.717, 1.165) is 35.2 Å². The smallest absolute Gasteiger partial charge is 0.0920 e. The first-order valence-electron chi connectivity index (χ1n) is 21.6. The molecule has 4 heteroatoms. The van der Waals surface area contributed by atoms with Crippen LogP contribution in [0, 0.1) is 17.9 Å². The van der Waals surface area contributed by atoms with Crippen molar-refractivity contribution in [3.63, 3.8) is 0 Å². The van der Waals surface area contributed by atoms with Gasteiger partial charge in [0.1, 0.15) is 0 Å². The number of halogens is 2. The summed E-state index contributed by atoms with van der Waals surface area (Å²) in [6.07, 6.45) is 6.98. The van der Waals surface area contributed by atoms with Crippen LogP contribution in [0.3, 0.4) is 0 Å². The van der Waals surface area contributed by atoms with Crippen molar-refractivity contribution in [2.75, 3.05) is 0 Å². The molecule has 0 N–H and O–H groups in total. The Kier molecular flexibility index (Phi) is 17.4. The molecule has 0 fully saturated rings. The first-order valence-corrected chi connectivity index (χ1v) is 28.9. The van der Waals surface area contributed by atoms with Crippen molar-refractivity contribution in [2.24, 2.45) is 11.8 Å². The van der Waals surface area contributed by atoms with Gasteiger partial charge in [0.15, 0.2) is 0 Å². The van der Waals surface area contributed by atoms with Gasteiger partial charge in [-0.15, -0.1) is 74.6 Å². The summed E-state index contributed by atoms with van der Waals surface area (Å²) in [5.74, 6) is 1.40. The molecule has 1 heterocycles. The van der Waals surface area contributed by atoms with Crippen LogP contribution in [0.5, 0.6) is 0 Å². The standard InChI is InChI=1S/2C22H25.C12H7Si.2ClH.Zr/c2*1-4-8-18-9-5-6-11-20(18)21-12-7-10-19-14-17(13-16(2)3)15-22(19)21;1-3-7-11-9(5-1)10-6-2-4-8-12(10)13-11;;;/h2*5-7,9-12,14-16H,4,8,13H2,1-3H3;1-7H;2*1H;/q3*-1;;;+2/p-2. The predicted octanol–water partition coefficient (Wildman–Crippen LogP) is 15.3. The van der Waals surface area contributed by atoms with E-state index in [9.17, 15) is 0 Å². The summed E-state index contributed by atoms with van der Waals surface area (Å²) in [7, 11) is 10.7. The molecule has 9 rings (SSSR count). The van der Waals surface area contributed by atoms with E-state index in [1.54, 1.807) is 0 Å². The average molecular weight is 920 g/mol. The van der Waals surface area contributed by atoms with Crippen LogP contribution >= 0.6 is 17.0 Å². The van der Waals surface area contributed by atoms with Crippen LogP contribution < -0.4 is 10.4 Å². The molecule has 60 heavy (non-hydrogen) atoms. The first-order chi connectivity index (χ1) is 29.2. The number of rotatable bonds is 10. The molecule has 1 aliphatic rings. The molecular formula is C56H57Cl2SiZr-3. The van der Waals surface area contributed by atoms with E-state index in [4.69, 9.17) is 17.0 Å². The molecule has 0 aromatic heterocycles. The molecule has 1 aliphatic heterocycles. The molecule has 0 spiro atoms. The molecule has 0 unspecified atom stereocenters.